The van der Waals surface area contributed by atoms with Gasteiger partial charge in [-0.15, -0.1) is 11.3 Å². The third-order valence-electron chi connectivity index (χ3n) is 2.27. The average Bonchev–Trinajstić information content (AvgIpc) is 2.78. The van der Waals surface area contributed by atoms with Gasteiger partial charge in [0.2, 0.25) is 0 Å². The smallest absolute Gasteiger partial charge is 0.123 e. The quantitative estimate of drug-likeness (QED) is 0.883. The molecule has 1 aromatic carbocycles. The highest BCUT2D eigenvalue weighted by molar-refractivity contribution is 7.13. The van der Waals surface area contributed by atoms with E-state index in [1.165, 1.54) is 0 Å². The van der Waals surface area contributed by atoms with Crippen LogP contribution in [0, 0.1) is 0 Å². The largest absolute Gasteiger partial charge is 0.497 e. The molecule has 0 saturated carbocycles. The summed E-state index contributed by atoms with van der Waals surface area (Å²) in [6, 6.07) is 7.93. The van der Waals surface area contributed by atoms with Crippen LogP contribution in [-0.2, 0) is 6.42 Å². The molecular weight excluding hydrogens is 220 g/mol. The van der Waals surface area contributed by atoms with E-state index in [2.05, 4.69) is 10.4 Å². The predicted molar refractivity (Wildman–Crippen MR) is 66.9 cm³/mol. The molecule has 1 heterocycles. The first-order chi connectivity index (χ1) is 7.83. The van der Waals surface area contributed by atoms with Gasteiger partial charge in [0, 0.05) is 17.4 Å². The Bertz CT molecular complexity index is 468. The topological polar surface area (TPSA) is 48.1 Å². The van der Waals surface area contributed by atoms with Crippen molar-refractivity contribution in [3.8, 4) is 16.3 Å². The Morgan fingerprint density at radius 2 is 2.31 bits per heavy atom. The van der Waals surface area contributed by atoms with Crippen LogP contribution in [0.5, 0.6) is 5.75 Å². The minimum Gasteiger partial charge on any atom is -0.497 e. The van der Waals surface area contributed by atoms with Gasteiger partial charge in [0.15, 0.2) is 0 Å². The summed E-state index contributed by atoms with van der Waals surface area (Å²) in [4.78, 5) is 4.53. The molecule has 4 heteroatoms. The molecule has 0 radical (unpaired) electrons. The molecule has 0 amide bonds. The van der Waals surface area contributed by atoms with E-state index in [1.54, 1.807) is 18.4 Å². The number of benzene rings is 1. The van der Waals surface area contributed by atoms with Gasteiger partial charge >= 0.3 is 0 Å². The number of rotatable bonds is 4. The summed E-state index contributed by atoms with van der Waals surface area (Å²) < 4.78 is 5.19. The van der Waals surface area contributed by atoms with Crippen LogP contribution in [0.3, 0.4) is 0 Å². The van der Waals surface area contributed by atoms with Crippen LogP contribution in [-0.4, -0.2) is 18.6 Å². The van der Waals surface area contributed by atoms with Crippen LogP contribution in [0.4, 0.5) is 0 Å². The van der Waals surface area contributed by atoms with Crippen molar-refractivity contribution in [2.75, 3.05) is 13.7 Å². The number of ether oxygens (including phenoxy) is 1. The Morgan fingerprint density at radius 1 is 1.44 bits per heavy atom. The number of nitrogens with two attached hydrogens (primary N) is 1. The highest BCUT2D eigenvalue weighted by Crippen LogP contribution is 2.26. The van der Waals surface area contributed by atoms with Gasteiger partial charge in [-0.2, -0.15) is 0 Å². The fourth-order valence-electron chi connectivity index (χ4n) is 1.46. The Kier molecular flexibility index (Phi) is 3.54. The molecule has 0 atom stereocenters. The highest BCUT2D eigenvalue weighted by atomic mass is 32.1. The van der Waals surface area contributed by atoms with Gasteiger partial charge in [-0.1, -0.05) is 12.1 Å². The summed E-state index contributed by atoms with van der Waals surface area (Å²) in [7, 11) is 1.67. The van der Waals surface area contributed by atoms with E-state index in [-0.39, 0.29) is 0 Å². The number of hydrogen-bond donors (Lipinski definition) is 1. The number of aromatic nitrogens is 1. The summed E-state index contributed by atoms with van der Waals surface area (Å²) in [6.45, 7) is 0.640. The molecule has 0 spiro atoms. The van der Waals surface area contributed by atoms with Gasteiger partial charge < -0.3 is 10.5 Å². The highest BCUT2D eigenvalue weighted by Gasteiger charge is 2.04. The molecule has 0 unspecified atom stereocenters. The molecule has 2 rings (SSSR count). The van der Waals surface area contributed by atoms with Crippen molar-refractivity contribution in [1.29, 1.82) is 0 Å². The van der Waals surface area contributed by atoms with Gasteiger partial charge in [-0.3, -0.25) is 0 Å². The predicted octanol–water partition coefficient (Wildman–Crippen LogP) is 2.32. The molecule has 0 bridgehead atoms. The second-order valence-corrected chi connectivity index (χ2v) is 4.27. The molecule has 84 valence electrons. The molecule has 0 saturated heterocycles. The zero-order valence-electron chi connectivity index (χ0n) is 9.14. The molecule has 1 aromatic heterocycles. The lowest BCUT2D eigenvalue weighted by atomic mass is 10.2. The van der Waals surface area contributed by atoms with Crippen LogP contribution in [0.15, 0.2) is 29.6 Å². The molecule has 0 aliphatic rings. The summed E-state index contributed by atoms with van der Waals surface area (Å²) in [5.41, 5.74) is 7.65. The van der Waals surface area contributed by atoms with Gasteiger partial charge in [0.1, 0.15) is 10.8 Å². The van der Waals surface area contributed by atoms with Crippen molar-refractivity contribution in [3.63, 3.8) is 0 Å². The van der Waals surface area contributed by atoms with E-state index < -0.39 is 0 Å². The van der Waals surface area contributed by atoms with Crippen molar-refractivity contribution < 1.29 is 4.74 Å². The number of methoxy groups -OCH3 is 1. The Morgan fingerprint density at radius 3 is 3.06 bits per heavy atom. The first-order valence-corrected chi connectivity index (χ1v) is 6.00. The van der Waals surface area contributed by atoms with Crippen LogP contribution >= 0.6 is 11.3 Å². The van der Waals surface area contributed by atoms with E-state index in [4.69, 9.17) is 10.5 Å². The van der Waals surface area contributed by atoms with Gasteiger partial charge in [0.05, 0.1) is 12.8 Å². The SMILES string of the molecule is COc1cccc(-c2nc(CCN)cs2)c1. The van der Waals surface area contributed by atoms with E-state index in [0.717, 1.165) is 28.4 Å². The number of thiazole rings is 1. The first-order valence-electron chi connectivity index (χ1n) is 5.12. The third kappa shape index (κ3) is 2.40. The van der Waals surface area contributed by atoms with Crippen molar-refractivity contribution in [1.82, 2.24) is 4.98 Å². The van der Waals surface area contributed by atoms with Crippen LogP contribution in [0.1, 0.15) is 5.69 Å². The zero-order valence-corrected chi connectivity index (χ0v) is 9.96. The molecule has 16 heavy (non-hydrogen) atoms. The van der Waals surface area contributed by atoms with Gasteiger partial charge in [-0.25, -0.2) is 4.98 Å². The Labute approximate surface area is 98.9 Å². The second-order valence-electron chi connectivity index (χ2n) is 3.41. The van der Waals surface area contributed by atoms with Crippen molar-refractivity contribution in [2.24, 2.45) is 5.73 Å². The second kappa shape index (κ2) is 5.09. The Hall–Kier alpha value is -1.39. The molecule has 0 aliphatic carbocycles. The van der Waals surface area contributed by atoms with Crippen LogP contribution < -0.4 is 10.5 Å². The Balaban J connectivity index is 2.27. The number of nitrogens with zero attached hydrogens (tertiary/aromatic N) is 1. The standard InChI is InChI=1S/C12H14N2OS/c1-15-11-4-2-3-9(7-11)12-14-10(5-6-13)8-16-12/h2-4,7-8H,5-6,13H2,1H3. The maximum atomic E-state index is 5.50. The molecule has 2 aromatic rings. The van der Waals surface area contributed by atoms with E-state index >= 15 is 0 Å². The lowest BCUT2D eigenvalue weighted by Gasteiger charge is -2.01. The van der Waals surface area contributed by atoms with Crippen molar-refractivity contribution in [2.45, 2.75) is 6.42 Å². The van der Waals surface area contributed by atoms with Crippen molar-refractivity contribution in [3.05, 3.63) is 35.3 Å². The summed E-state index contributed by atoms with van der Waals surface area (Å²) >= 11 is 1.64. The molecular formula is C12H14N2OS. The summed E-state index contributed by atoms with van der Waals surface area (Å²) in [5, 5.41) is 3.07. The van der Waals surface area contributed by atoms with Gasteiger partial charge in [-0.05, 0) is 18.7 Å². The minimum absolute atomic E-state index is 0.640. The third-order valence-corrected chi connectivity index (χ3v) is 3.21. The van der Waals surface area contributed by atoms with E-state index in [1.807, 2.05) is 24.3 Å². The average molecular weight is 234 g/mol. The summed E-state index contributed by atoms with van der Waals surface area (Å²) in [6.07, 6.45) is 0.834. The first kappa shape index (κ1) is 11.1. The van der Waals surface area contributed by atoms with Crippen LogP contribution in [0.2, 0.25) is 0 Å². The van der Waals surface area contributed by atoms with Gasteiger partial charge in [0.25, 0.3) is 0 Å². The maximum absolute atomic E-state index is 5.50. The number of hydrogen-bond acceptors (Lipinski definition) is 4. The maximum Gasteiger partial charge on any atom is 0.123 e. The molecule has 2 N–H and O–H groups in total. The molecule has 0 aliphatic heterocycles. The monoisotopic (exact) mass is 234 g/mol. The molecule has 0 fully saturated rings. The fraction of sp³-hybridized carbons (Fsp3) is 0.250. The fourth-order valence-corrected chi connectivity index (χ4v) is 2.31. The lowest BCUT2D eigenvalue weighted by molar-refractivity contribution is 0.415. The normalized spacial score (nSPS) is 10.4. The lowest BCUT2D eigenvalue weighted by Crippen LogP contribution is -2.02. The van der Waals surface area contributed by atoms with Crippen molar-refractivity contribution >= 4 is 11.3 Å². The zero-order chi connectivity index (χ0) is 11.4. The van der Waals surface area contributed by atoms with E-state index in [9.17, 15) is 0 Å². The minimum atomic E-state index is 0.640. The van der Waals surface area contributed by atoms with Crippen LogP contribution in [0.25, 0.3) is 10.6 Å². The van der Waals surface area contributed by atoms with E-state index in [0.29, 0.717) is 6.54 Å². The molecule has 3 nitrogen and oxygen atoms in total. The summed E-state index contributed by atoms with van der Waals surface area (Å²) in [5.74, 6) is 0.855.